The van der Waals surface area contributed by atoms with Crippen molar-refractivity contribution in [2.45, 2.75) is 122 Å². The summed E-state index contributed by atoms with van der Waals surface area (Å²) < 4.78 is 47.4. The third-order valence-corrected chi connectivity index (χ3v) is 12.6. The minimum absolute atomic E-state index is 0.241. The summed E-state index contributed by atoms with van der Waals surface area (Å²) in [5, 5.41) is 0. The summed E-state index contributed by atoms with van der Waals surface area (Å²) in [6.45, 7) is 15.8. The highest BCUT2D eigenvalue weighted by atomic mass is 16.6. The second-order valence-electron chi connectivity index (χ2n) is 15.3. The van der Waals surface area contributed by atoms with Gasteiger partial charge in [-0.2, -0.15) is 0 Å². The smallest absolute Gasteiger partial charge is 0.348 e. The number of hydrogen-bond donors (Lipinski definition) is 0. The molecule has 1 aromatic rings. The van der Waals surface area contributed by atoms with Crippen LogP contribution in [0.15, 0.2) is 35.2 Å². The van der Waals surface area contributed by atoms with Crippen molar-refractivity contribution in [1.82, 2.24) is 0 Å². The third-order valence-electron chi connectivity index (χ3n) is 12.6. The first-order chi connectivity index (χ1) is 24.0. The highest BCUT2D eigenvalue weighted by Gasteiger charge is 2.85. The van der Waals surface area contributed by atoms with Crippen LogP contribution in [0.2, 0.25) is 0 Å². The Kier molecular flexibility index (Phi) is 9.17. The zero-order chi connectivity index (χ0) is 37.3. The fourth-order valence-corrected chi connectivity index (χ4v) is 10.0. The van der Waals surface area contributed by atoms with Gasteiger partial charge in [-0.3, -0.25) is 24.0 Å². The van der Waals surface area contributed by atoms with E-state index in [4.69, 9.17) is 37.6 Å². The quantitative estimate of drug-likeness (QED) is 0.106. The molecule has 2 saturated carbocycles. The molecule has 13 unspecified atom stereocenters. The second kappa shape index (κ2) is 12.8. The summed E-state index contributed by atoms with van der Waals surface area (Å²) in [7, 11) is 0. The number of carbonyl (C=O) groups is 6. The molecule has 1 spiro atoms. The van der Waals surface area contributed by atoms with Gasteiger partial charge in [0.1, 0.15) is 36.1 Å². The maximum absolute atomic E-state index is 14.3. The molecule has 1 aromatic heterocycles. The lowest BCUT2D eigenvalue weighted by Crippen LogP contribution is -2.69. The molecule has 278 valence electrons. The molecule has 3 aliphatic heterocycles. The Labute approximate surface area is 295 Å². The average Bonchev–Trinajstić information content (AvgIpc) is 3.41. The van der Waals surface area contributed by atoms with E-state index in [1.165, 1.54) is 13.8 Å². The Balaban J connectivity index is 1.55. The van der Waals surface area contributed by atoms with Crippen molar-refractivity contribution in [2.75, 3.05) is 6.61 Å². The molecule has 0 aromatic carbocycles. The summed E-state index contributed by atoms with van der Waals surface area (Å²) in [6.07, 6.45) is -1.78. The van der Waals surface area contributed by atoms with Gasteiger partial charge in [0.05, 0.1) is 36.9 Å². The van der Waals surface area contributed by atoms with E-state index < -0.39 is 100 Å². The Morgan fingerprint density at radius 2 is 1.80 bits per heavy atom. The summed E-state index contributed by atoms with van der Waals surface area (Å²) >= 11 is 0. The predicted octanol–water partition coefficient (Wildman–Crippen LogP) is 3.73. The van der Waals surface area contributed by atoms with Gasteiger partial charge >= 0.3 is 29.8 Å². The fraction of sp³-hybridized carbons (Fsp3) is 0.676. The van der Waals surface area contributed by atoms with Crippen LogP contribution in [0.1, 0.15) is 85.6 Å². The third kappa shape index (κ3) is 5.46. The van der Waals surface area contributed by atoms with Gasteiger partial charge in [0.25, 0.3) is 6.47 Å². The minimum atomic E-state index is -1.53. The highest BCUT2D eigenvalue weighted by molar-refractivity contribution is 5.79. The number of hydrogen-bond acceptors (Lipinski definition) is 14. The zero-order valence-corrected chi connectivity index (χ0v) is 30.0. The molecule has 6 rings (SSSR count). The van der Waals surface area contributed by atoms with E-state index in [9.17, 15) is 28.8 Å². The Hall–Kier alpha value is -4.20. The van der Waals surface area contributed by atoms with Crippen LogP contribution in [0.5, 0.6) is 0 Å². The molecule has 5 aliphatic rings. The number of cyclic esters (lactones) is 1. The summed E-state index contributed by atoms with van der Waals surface area (Å²) in [6, 6.07) is 1.82. The molecule has 0 N–H and O–H groups in total. The van der Waals surface area contributed by atoms with Crippen LogP contribution < -0.4 is 0 Å². The number of epoxide rings is 1. The maximum atomic E-state index is 14.3. The Morgan fingerprint density at radius 3 is 2.41 bits per heavy atom. The molecule has 0 amide bonds. The molecule has 51 heavy (non-hydrogen) atoms. The van der Waals surface area contributed by atoms with E-state index in [0.717, 1.165) is 5.56 Å². The number of fused-ring (bicyclic) bond motifs is 2. The van der Waals surface area contributed by atoms with Gasteiger partial charge in [-0.15, -0.1) is 0 Å². The van der Waals surface area contributed by atoms with Gasteiger partial charge in [-0.1, -0.05) is 34.3 Å². The Morgan fingerprint density at radius 1 is 1.08 bits per heavy atom. The Bertz CT molecular complexity index is 1620. The lowest BCUT2D eigenvalue weighted by atomic mass is 9.47. The van der Waals surface area contributed by atoms with E-state index in [-0.39, 0.29) is 31.8 Å². The SMILES string of the molecule is C=C1C(C2(C)C3CC(=O)OC(C)(COC(C)=O)C2CC(=O)O3)C(OC=O)C(OC(=O)C(OC(C)=O)C(C)CC)C2(C)C(c3ccoc3)CC3OC132. The van der Waals surface area contributed by atoms with Gasteiger partial charge in [0.2, 0.25) is 6.10 Å². The lowest BCUT2D eigenvalue weighted by Gasteiger charge is -2.60. The van der Waals surface area contributed by atoms with Crippen molar-refractivity contribution in [2.24, 2.45) is 28.6 Å². The largest absolute Gasteiger partial charge is 0.472 e. The van der Waals surface area contributed by atoms with Crippen LogP contribution in [-0.2, 0) is 61.9 Å². The molecule has 14 heteroatoms. The first kappa shape index (κ1) is 36.6. The number of esters is 5. The van der Waals surface area contributed by atoms with Gasteiger partial charge < -0.3 is 37.6 Å². The van der Waals surface area contributed by atoms with Crippen LogP contribution >= 0.6 is 0 Å². The molecule has 5 fully saturated rings. The van der Waals surface area contributed by atoms with E-state index >= 15 is 0 Å². The maximum Gasteiger partial charge on any atom is 0.348 e. The van der Waals surface area contributed by atoms with E-state index in [1.807, 2.05) is 19.9 Å². The number of furan rings is 1. The second-order valence-corrected chi connectivity index (χ2v) is 15.3. The standard InChI is InChI=1S/C37H46O14/c1-9-18(2)30(47-21(5)40)33(43)49-32-31(46-17-38)29(19(3)37-26(50-37)12-23(36(32,37)8)22-10-11-44-15-22)35(7)24-13-27(41)48-25(35)14-28(42)51-34(24,6)16-45-20(4)39/h10-11,15,17-18,23-26,29-32H,3,9,12-14,16H2,1-2,4-8H3. The van der Waals surface area contributed by atoms with Gasteiger partial charge in [0.15, 0.2) is 0 Å². The topological polar surface area (TPSA) is 183 Å². The predicted molar refractivity (Wildman–Crippen MR) is 172 cm³/mol. The van der Waals surface area contributed by atoms with Crippen LogP contribution in [-0.4, -0.2) is 84.6 Å². The average molecular weight is 715 g/mol. The van der Waals surface area contributed by atoms with Crippen molar-refractivity contribution in [3.63, 3.8) is 0 Å². The van der Waals surface area contributed by atoms with Gasteiger partial charge in [-0.25, -0.2) is 4.79 Å². The van der Waals surface area contributed by atoms with Crippen molar-refractivity contribution < 1.29 is 66.3 Å². The minimum Gasteiger partial charge on any atom is -0.472 e. The molecule has 2 bridgehead atoms. The van der Waals surface area contributed by atoms with Crippen LogP contribution in [0.25, 0.3) is 0 Å². The molecule has 2 aliphatic carbocycles. The van der Waals surface area contributed by atoms with Crippen molar-refractivity contribution in [3.05, 3.63) is 36.3 Å². The van der Waals surface area contributed by atoms with E-state index in [1.54, 1.807) is 33.3 Å². The normalized spacial score (nSPS) is 40.6. The molecular formula is C37H46O14. The summed E-state index contributed by atoms with van der Waals surface area (Å²) in [4.78, 5) is 77.7. The summed E-state index contributed by atoms with van der Waals surface area (Å²) in [5.41, 5.74) is -3.75. The number of carbonyl (C=O) groups excluding carboxylic acids is 6. The zero-order valence-electron chi connectivity index (χ0n) is 30.0. The van der Waals surface area contributed by atoms with Crippen molar-refractivity contribution >= 4 is 36.3 Å². The molecule has 14 nitrogen and oxygen atoms in total. The van der Waals surface area contributed by atoms with E-state index in [0.29, 0.717) is 18.4 Å². The molecule has 3 saturated heterocycles. The summed E-state index contributed by atoms with van der Waals surface area (Å²) in [5.74, 6) is -5.99. The van der Waals surface area contributed by atoms with Crippen molar-refractivity contribution in [3.8, 4) is 0 Å². The fourth-order valence-electron chi connectivity index (χ4n) is 10.0. The van der Waals surface area contributed by atoms with Gasteiger partial charge in [0, 0.05) is 42.9 Å². The molecular weight excluding hydrogens is 668 g/mol. The lowest BCUT2D eigenvalue weighted by molar-refractivity contribution is -0.235. The highest BCUT2D eigenvalue weighted by Crippen LogP contribution is 2.77. The van der Waals surface area contributed by atoms with Gasteiger partial charge in [-0.05, 0) is 37.0 Å². The first-order valence-corrected chi connectivity index (χ1v) is 17.4. The first-order valence-electron chi connectivity index (χ1n) is 17.4. The number of ether oxygens (including phenoxy) is 7. The van der Waals surface area contributed by atoms with Crippen LogP contribution in [0.4, 0.5) is 0 Å². The molecule has 0 radical (unpaired) electrons. The van der Waals surface area contributed by atoms with Crippen molar-refractivity contribution in [1.29, 1.82) is 0 Å². The monoisotopic (exact) mass is 714 g/mol. The van der Waals surface area contributed by atoms with Crippen LogP contribution in [0, 0.1) is 28.6 Å². The molecule has 4 heterocycles. The van der Waals surface area contributed by atoms with Crippen LogP contribution in [0.3, 0.4) is 0 Å². The van der Waals surface area contributed by atoms with E-state index in [2.05, 4.69) is 6.58 Å². The number of rotatable bonds is 11. The molecule has 13 atom stereocenters.